The highest BCUT2D eigenvalue weighted by molar-refractivity contribution is 7.89. The van der Waals surface area contributed by atoms with E-state index in [1.165, 1.54) is 60.9 Å². The van der Waals surface area contributed by atoms with Crippen LogP contribution in [0.25, 0.3) is 22.3 Å². The smallest absolute Gasteiger partial charge is 0.480 e. The van der Waals surface area contributed by atoms with Crippen molar-refractivity contribution < 1.29 is 60.1 Å². The highest BCUT2D eigenvalue weighted by atomic mass is 19.4. The predicted molar refractivity (Wildman–Crippen MR) is 286 cm³/mol. The zero-order valence-corrected chi connectivity index (χ0v) is 41.0. The number of aryl methyl sites for hydroxylation is 2. The molecule has 0 saturated carbocycles. The van der Waals surface area contributed by atoms with Crippen LogP contribution < -0.4 is 41.8 Å². The highest BCUT2D eigenvalue weighted by Gasteiger charge is 2.32. The molecule has 2 saturated heterocycles. The number of hydrogen-bond acceptors (Lipinski definition) is 13. The molecule has 4 heterocycles. The molecular weight excluding hydrogens is 1010 g/mol. The van der Waals surface area contributed by atoms with Gasteiger partial charge in [-0.15, -0.1) is 26.3 Å². The number of nitrogens with zero attached hydrogens (tertiary/aromatic N) is 4. The number of nitrogens with two attached hydrogens (primary N) is 1. The van der Waals surface area contributed by atoms with E-state index in [2.05, 4.69) is 56.0 Å². The van der Waals surface area contributed by atoms with Crippen LogP contribution in [-0.2, 0) is 19.2 Å². The van der Waals surface area contributed by atoms with Crippen LogP contribution in [0.2, 0.25) is 0 Å². The second-order valence-corrected chi connectivity index (χ2v) is 17.0. The van der Waals surface area contributed by atoms with Crippen molar-refractivity contribution in [3.8, 4) is 33.8 Å². The van der Waals surface area contributed by atoms with E-state index >= 15 is 0 Å². The van der Waals surface area contributed by atoms with Gasteiger partial charge in [-0.05, 0) is 97.5 Å². The van der Waals surface area contributed by atoms with Crippen LogP contribution in [0.3, 0.4) is 0 Å². The van der Waals surface area contributed by atoms with Gasteiger partial charge < -0.3 is 46.9 Å². The fourth-order valence-corrected chi connectivity index (χ4v) is 6.68. The second kappa shape index (κ2) is 27.2. The molecule has 31 heteroatoms. The number of amides is 3. The number of nitrogens with one attached hydrogen (secondary N) is 5. The molecule has 0 bridgehead atoms. The zero-order chi connectivity index (χ0) is 56.6. The van der Waals surface area contributed by atoms with Gasteiger partial charge >= 0.3 is 18.7 Å². The summed E-state index contributed by atoms with van der Waals surface area (Å²) in [5.41, 5.74) is 12.9. The van der Waals surface area contributed by atoms with Gasteiger partial charge in [-0.1, -0.05) is 36.4 Å². The monoisotopic (exact) mass is 1050 g/mol. The lowest BCUT2D eigenvalue weighted by atomic mass is 8.68. The number of nitrogen functional groups attached to an aromatic ring is 1. The van der Waals surface area contributed by atoms with Crippen LogP contribution in [0.4, 0.5) is 61.0 Å². The Morgan fingerprint density at radius 3 is 1.36 bits per heavy atom. The number of aliphatic carboxylic acids is 1. The number of benzene rings is 4. The third-order valence-electron chi connectivity index (χ3n) is 10.9. The van der Waals surface area contributed by atoms with E-state index in [1.54, 1.807) is 30.6 Å². The van der Waals surface area contributed by atoms with Gasteiger partial charge in [0.2, 0.25) is 29.6 Å². The summed E-state index contributed by atoms with van der Waals surface area (Å²) in [4.78, 5) is 61.2. The average Bonchev–Trinajstić information content (AvgIpc) is 4.02. The van der Waals surface area contributed by atoms with Crippen molar-refractivity contribution >= 4 is 116 Å². The summed E-state index contributed by atoms with van der Waals surface area (Å²) in [6.07, 6.45) is -3.45. The van der Waals surface area contributed by atoms with Crippen LogP contribution in [-0.4, -0.2) is 131 Å². The number of carbonyl (C=O) groups excluding carboxylic acids is 3. The number of carboxylic acids is 1. The Morgan fingerprint density at radius 1 is 0.623 bits per heavy atom. The van der Waals surface area contributed by atoms with E-state index in [0.29, 0.717) is 76.9 Å². The van der Waals surface area contributed by atoms with Crippen LogP contribution in [0.15, 0.2) is 110 Å². The van der Waals surface area contributed by atoms with Gasteiger partial charge in [0.15, 0.2) is 0 Å². The van der Waals surface area contributed by atoms with Crippen molar-refractivity contribution in [1.82, 2.24) is 30.6 Å². The van der Waals surface area contributed by atoms with Gasteiger partial charge in [0.05, 0.1) is 0 Å². The van der Waals surface area contributed by atoms with E-state index in [0.717, 1.165) is 16.8 Å². The van der Waals surface area contributed by atoms with Gasteiger partial charge in [-0.3, -0.25) is 14.4 Å². The number of anilines is 6. The summed E-state index contributed by atoms with van der Waals surface area (Å²) in [7, 11) is 25.8. The molecule has 10 radical (unpaired) electrons. The largest absolute Gasteiger partial charge is 0.573 e. The molecule has 0 aliphatic carbocycles. The molecule has 17 nitrogen and oxygen atoms in total. The Morgan fingerprint density at radius 2 is 1.03 bits per heavy atom. The Balaban J connectivity index is 0.000000222. The molecule has 8 rings (SSSR count). The van der Waals surface area contributed by atoms with Gasteiger partial charge in [-0.25, -0.2) is 24.7 Å². The molecule has 4 aromatic carbocycles. The second-order valence-electron chi connectivity index (χ2n) is 17.0. The maximum absolute atomic E-state index is 12.4. The summed E-state index contributed by atoms with van der Waals surface area (Å²) >= 11 is 0. The Labute approximate surface area is 446 Å². The first-order chi connectivity index (χ1) is 36.2. The first kappa shape index (κ1) is 59.9. The summed E-state index contributed by atoms with van der Waals surface area (Å²) < 4.78 is 81.1. The molecule has 3 amide bonds. The standard InChI is InChI=1S/C23H20F3N5O3.C18H15F3N4O.C5H7NO3.B8/c1-13-2-5-16(10-19(13)31-21(33)18-8-9-20(32)30-18)29-22-27-11-15(12-28-22)14-3-6-17(7-4-14)34-23(24,25)26;1-11-2-5-14(8-16(11)22)25-17-23-9-13(10-24-17)12-3-6-15(7-4-12)26-18(19,20)21;7-4-2-1-3(6-4)5(8)9;1-6(2)8(5)7(3)4/h2-7,10-12,18H,8-9H2,1H3,(H,30,32)(H,31,33)(H,27,28,29);2-10H,22H2,1H3,(H,23,24,25);3H,1-2H2,(H,6,7)(H,8,9);/t18-;;3-;/m0.0./s1. The van der Waals surface area contributed by atoms with Crippen LogP contribution >= 0.6 is 0 Å². The molecule has 0 unspecified atom stereocenters. The topological polar surface area (TPSA) is 245 Å². The Hall–Kier alpha value is -7.98. The number of halogens is 6. The van der Waals surface area contributed by atoms with Gasteiger partial charge in [0, 0.05) is 129 Å². The Kier molecular flexibility index (Phi) is 21.1. The number of hydrogen-bond donors (Lipinski definition) is 7. The lowest BCUT2D eigenvalue weighted by molar-refractivity contribution is -0.275. The third-order valence-corrected chi connectivity index (χ3v) is 10.9. The lowest BCUT2D eigenvalue weighted by Crippen LogP contribution is -2.52. The fraction of sp³-hybridized carbons (Fsp3) is 0.217. The maximum atomic E-state index is 12.4. The summed E-state index contributed by atoms with van der Waals surface area (Å²) in [5.74, 6) is -1.44. The first-order valence-corrected chi connectivity index (χ1v) is 23.0. The lowest BCUT2D eigenvalue weighted by Gasteiger charge is -2.14. The van der Waals surface area contributed by atoms with Gasteiger partial charge in [-0.2, -0.15) is 0 Å². The molecule has 2 fully saturated rings. The molecule has 2 aliphatic rings. The molecule has 2 aliphatic heterocycles. The Bertz CT molecular complexity index is 2950. The third kappa shape index (κ3) is 19.9. The predicted octanol–water partition coefficient (Wildman–Crippen LogP) is 5.29. The quantitative estimate of drug-likeness (QED) is 0.0442. The molecule has 6 aromatic rings. The summed E-state index contributed by atoms with van der Waals surface area (Å²) in [5, 5.41) is 22.2. The number of carboxylic acid groups (broad SMARTS) is 1. The number of ether oxygens (including phenoxy) is 2. The average molecular weight is 1050 g/mol. The van der Waals surface area contributed by atoms with Crippen molar-refractivity contribution in [2.45, 2.75) is 64.3 Å². The van der Waals surface area contributed by atoms with Crippen LogP contribution in [0.1, 0.15) is 36.8 Å². The SMILES string of the molecule is Cc1ccc(Nc2ncc(-c3ccc(OC(F)(F)F)cc3)cn2)cc1N.Cc1ccc(Nc2ncc(-c3ccc(OC(F)(F)F)cc3)cn2)cc1NC(=O)[C@@H]1CCC(=O)N1.O=C1CC[C@@H](C(=O)O)N1.[B]B([B])B([B])B([B])[B]. The van der Waals surface area contributed by atoms with Crippen molar-refractivity contribution in [1.29, 1.82) is 0 Å². The van der Waals surface area contributed by atoms with E-state index in [1.807, 2.05) is 32.0 Å². The van der Waals surface area contributed by atoms with E-state index in [4.69, 9.17) is 49.5 Å². The fourth-order valence-electron chi connectivity index (χ4n) is 6.68. The molecule has 2 aromatic heterocycles. The minimum atomic E-state index is -4.75. The zero-order valence-electron chi connectivity index (χ0n) is 41.0. The number of rotatable bonds is 13. The number of carbonyl (C=O) groups is 4. The molecule has 77 heavy (non-hydrogen) atoms. The molecular formula is C46H42B8F6N10O7. The van der Waals surface area contributed by atoms with Crippen LogP contribution in [0, 0.1) is 13.8 Å². The first-order valence-electron chi connectivity index (χ1n) is 23.0. The van der Waals surface area contributed by atoms with E-state index in [-0.39, 0.29) is 29.2 Å². The molecule has 384 valence electrons. The maximum Gasteiger partial charge on any atom is 0.573 e. The van der Waals surface area contributed by atoms with Gasteiger partial charge in [0.1, 0.15) is 23.6 Å². The van der Waals surface area contributed by atoms with Crippen molar-refractivity contribution in [3.63, 3.8) is 0 Å². The number of aromatic nitrogens is 4. The minimum absolute atomic E-state index is 0.140. The molecule has 2 atom stereocenters. The molecule has 8 N–H and O–H groups in total. The summed E-state index contributed by atoms with van der Waals surface area (Å²) in [6.45, 7) is 3.76. The highest BCUT2D eigenvalue weighted by Crippen LogP contribution is 2.29. The van der Waals surface area contributed by atoms with Crippen LogP contribution in [0.5, 0.6) is 11.5 Å². The van der Waals surface area contributed by atoms with Crippen molar-refractivity contribution in [3.05, 3.63) is 121 Å². The van der Waals surface area contributed by atoms with Gasteiger partial charge in [0.25, 0.3) is 0 Å². The summed E-state index contributed by atoms with van der Waals surface area (Å²) in [6, 6.07) is 20.6. The minimum Gasteiger partial charge on any atom is -0.480 e. The van der Waals surface area contributed by atoms with Crippen molar-refractivity contribution in [2.24, 2.45) is 0 Å². The van der Waals surface area contributed by atoms with E-state index in [9.17, 15) is 45.5 Å². The normalized spacial score (nSPS) is 14.5. The van der Waals surface area contributed by atoms with Crippen molar-refractivity contribution in [2.75, 3.05) is 21.7 Å². The molecule has 0 spiro atoms. The van der Waals surface area contributed by atoms with E-state index < -0.39 is 49.9 Å². The number of alkyl halides is 6.